The normalized spacial score (nSPS) is 21.4. The molecule has 0 spiro atoms. The van der Waals surface area contributed by atoms with Crippen molar-refractivity contribution in [2.45, 2.75) is 13.3 Å². The molecule has 1 aliphatic carbocycles. The zero-order valence-electron chi connectivity index (χ0n) is 6.62. The summed E-state index contributed by atoms with van der Waals surface area (Å²) in [7, 11) is 0. The molecule has 1 aromatic rings. The molecule has 0 N–H and O–H groups in total. The molecule has 1 nitrogen and oxygen atoms in total. The van der Waals surface area contributed by atoms with Gasteiger partial charge in [-0.3, -0.25) is 4.98 Å². The second-order valence-electron chi connectivity index (χ2n) is 3.06. The van der Waals surface area contributed by atoms with Gasteiger partial charge in [-0.25, -0.2) is 0 Å². The van der Waals surface area contributed by atoms with Gasteiger partial charge in [0.15, 0.2) is 0 Å². The first-order chi connectivity index (χ1) is 5.36. The number of hydrogen-bond donors (Lipinski definition) is 0. The van der Waals surface area contributed by atoms with Gasteiger partial charge in [0.25, 0.3) is 0 Å². The molecule has 0 unspecified atom stereocenters. The fourth-order valence-electron chi connectivity index (χ4n) is 1.39. The van der Waals surface area contributed by atoms with Crippen molar-refractivity contribution in [2.75, 3.05) is 0 Å². The van der Waals surface area contributed by atoms with Crippen LogP contribution in [0.15, 0.2) is 18.3 Å². The molecule has 0 bridgehead atoms. The predicted octanol–water partition coefficient (Wildman–Crippen LogP) is 0.682. The van der Waals surface area contributed by atoms with Crippen molar-refractivity contribution in [3.05, 3.63) is 28.9 Å². The highest BCUT2D eigenvalue weighted by Crippen LogP contribution is 2.04. The van der Waals surface area contributed by atoms with Crippen LogP contribution in [0.2, 0.25) is 0 Å². The summed E-state index contributed by atoms with van der Waals surface area (Å²) in [6, 6.07) is 4.10. The van der Waals surface area contributed by atoms with E-state index < -0.39 is 0 Å². The second kappa shape index (κ2) is 2.50. The van der Waals surface area contributed by atoms with E-state index in [2.05, 4.69) is 30.1 Å². The van der Waals surface area contributed by atoms with Crippen LogP contribution in [-0.4, -0.2) is 4.98 Å². The van der Waals surface area contributed by atoms with Crippen molar-refractivity contribution in [3.8, 4) is 0 Å². The predicted molar refractivity (Wildman–Crippen MR) is 46.2 cm³/mol. The molecule has 0 saturated heterocycles. The van der Waals surface area contributed by atoms with Crippen molar-refractivity contribution < 1.29 is 0 Å². The third-order valence-electron chi connectivity index (χ3n) is 2.02. The average Bonchev–Trinajstić information content (AvgIpc) is 2.04. The maximum Gasteiger partial charge on any atom is 0.0661 e. The first kappa shape index (κ1) is 6.59. The summed E-state index contributed by atoms with van der Waals surface area (Å²) >= 11 is 0. The largest absolute Gasteiger partial charge is 0.257 e. The smallest absolute Gasteiger partial charge is 0.0661 e. The Morgan fingerprint density at radius 2 is 2.45 bits per heavy atom. The quantitative estimate of drug-likeness (QED) is 0.523. The molecule has 2 rings (SSSR count). The van der Waals surface area contributed by atoms with Gasteiger partial charge in [0.05, 0.1) is 5.35 Å². The molecular formula is C10H11N. The van der Waals surface area contributed by atoms with Gasteiger partial charge in [0.1, 0.15) is 0 Å². The SMILES string of the molecule is C[C@H]1C=c2ncccc2=CC1. The van der Waals surface area contributed by atoms with Gasteiger partial charge in [-0.05, 0) is 23.6 Å². The summed E-state index contributed by atoms with van der Waals surface area (Å²) in [6.45, 7) is 2.22. The van der Waals surface area contributed by atoms with E-state index in [1.54, 1.807) is 0 Å². The lowest BCUT2D eigenvalue weighted by atomic mass is 10.0. The zero-order chi connectivity index (χ0) is 7.68. The van der Waals surface area contributed by atoms with E-state index in [1.165, 1.54) is 5.22 Å². The van der Waals surface area contributed by atoms with Crippen LogP contribution < -0.4 is 10.6 Å². The van der Waals surface area contributed by atoms with Crippen molar-refractivity contribution in [3.63, 3.8) is 0 Å². The van der Waals surface area contributed by atoms with Crippen LogP contribution in [0.4, 0.5) is 0 Å². The van der Waals surface area contributed by atoms with E-state index in [9.17, 15) is 0 Å². The maximum absolute atomic E-state index is 4.28. The summed E-state index contributed by atoms with van der Waals surface area (Å²) < 4.78 is 0. The van der Waals surface area contributed by atoms with Gasteiger partial charge in [-0.2, -0.15) is 0 Å². The third kappa shape index (κ3) is 1.18. The Hall–Kier alpha value is -1.11. The summed E-state index contributed by atoms with van der Waals surface area (Å²) in [5, 5.41) is 2.43. The number of pyridine rings is 1. The van der Waals surface area contributed by atoms with Gasteiger partial charge in [-0.15, -0.1) is 0 Å². The van der Waals surface area contributed by atoms with Crippen LogP contribution in [0.5, 0.6) is 0 Å². The van der Waals surface area contributed by atoms with Crippen LogP contribution in [0.3, 0.4) is 0 Å². The Bertz CT molecular complexity index is 365. The van der Waals surface area contributed by atoms with Crippen LogP contribution in [0.25, 0.3) is 12.2 Å². The molecule has 0 aliphatic heterocycles. The number of hydrogen-bond acceptors (Lipinski definition) is 1. The van der Waals surface area contributed by atoms with E-state index in [0.717, 1.165) is 11.8 Å². The van der Waals surface area contributed by atoms with E-state index in [4.69, 9.17) is 0 Å². The molecule has 1 aliphatic rings. The van der Waals surface area contributed by atoms with Crippen molar-refractivity contribution in [2.24, 2.45) is 5.92 Å². The Kier molecular flexibility index (Phi) is 1.50. The molecule has 0 aromatic carbocycles. The Morgan fingerprint density at radius 3 is 3.36 bits per heavy atom. The van der Waals surface area contributed by atoms with Gasteiger partial charge >= 0.3 is 0 Å². The molecule has 1 heteroatoms. The number of rotatable bonds is 0. The highest BCUT2D eigenvalue weighted by atomic mass is 14.6. The lowest BCUT2D eigenvalue weighted by Gasteiger charge is -2.05. The van der Waals surface area contributed by atoms with E-state index in [1.807, 2.05) is 12.3 Å². The van der Waals surface area contributed by atoms with E-state index >= 15 is 0 Å². The molecule has 11 heavy (non-hydrogen) atoms. The average molecular weight is 145 g/mol. The maximum atomic E-state index is 4.28. The van der Waals surface area contributed by atoms with Crippen molar-refractivity contribution in [1.82, 2.24) is 4.98 Å². The Balaban J connectivity index is 2.73. The van der Waals surface area contributed by atoms with Crippen LogP contribution in [-0.2, 0) is 0 Å². The molecule has 0 radical (unpaired) electrons. The number of aromatic nitrogens is 1. The molecule has 56 valence electrons. The summed E-state index contributed by atoms with van der Waals surface area (Å²) in [5.74, 6) is 0.650. The van der Waals surface area contributed by atoms with Gasteiger partial charge in [0, 0.05) is 6.20 Å². The minimum Gasteiger partial charge on any atom is -0.257 e. The van der Waals surface area contributed by atoms with Crippen LogP contribution >= 0.6 is 0 Å². The summed E-state index contributed by atoms with van der Waals surface area (Å²) in [6.07, 6.45) is 7.49. The molecule has 0 amide bonds. The summed E-state index contributed by atoms with van der Waals surface area (Å²) in [4.78, 5) is 4.28. The van der Waals surface area contributed by atoms with E-state index in [0.29, 0.717) is 5.92 Å². The first-order valence-electron chi connectivity index (χ1n) is 3.99. The lowest BCUT2D eigenvalue weighted by Crippen LogP contribution is -2.30. The van der Waals surface area contributed by atoms with Crippen molar-refractivity contribution in [1.29, 1.82) is 0 Å². The molecular weight excluding hydrogens is 134 g/mol. The van der Waals surface area contributed by atoms with Crippen LogP contribution in [0.1, 0.15) is 13.3 Å². The highest BCUT2D eigenvalue weighted by molar-refractivity contribution is 5.37. The molecule has 1 atom stereocenters. The standard InChI is InChI=1S/C10H11N/c1-8-4-5-9-3-2-6-11-10(9)7-8/h2-3,5-8H,4H2,1H3/t8-/m1/s1. The van der Waals surface area contributed by atoms with Crippen LogP contribution in [0, 0.1) is 5.92 Å². The molecule has 0 fully saturated rings. The molecule has 1 aromatic heterocycles. The fraction of sp³-hybridized carbons (Fsp3) is 0.300. The summed E-state index contributed by atoms with van der Waals surface area (Å²) in [5.41, 5.74) is 0. The van der Waals surface area contributed by atoms with Crippen molar-refractivity contribution >= 4 is 12.2 Å². The zero-order valence-corrected chi connectivity index (χ0v) is 6.62. The monoisotopic (exact) mass is 145 g/mol. The minimum atomic E-state index is 0.650. The molecule has 1 heterocycles. The fourth-order valence-corrected chi connectivity index (χ4v) is 1.39. The second-order valence-corrected chi connectivity index (χ2v) is 3.06. The number of nitrogens with zero attached hydrogens (tertiary/aromatic N) is 1. The molecule has 0 saturated carbocycles. The number of fused-ring (bicyclic) bond motifs is 1. The third-order valence-corrected chi connectivity index (χ3v) is 2.02. The van der Waals surface area contributed by atoms with Gasteiger partial charge < -0.3 is 0 Å². The highest BCUT2D eigenvalue weighted by Gasteiger charge is 1.99. The van der Waals surface area contributed by atoms with Gasteiger partial charge in [0.2, 0.25) is 0 Å². The van der Waals surface area contributed by atoms with Gasteiger partial charge in [-0.1, -0.05) is 25.1 Å². The lowest BCUT2D eigenvalue weighted by molar-refractivity contribution is 0.794. The topological polar surface area (TPSA) is 12.9 Å². The Labute approximate surface area is 66.1 Å². The Morgan fingerprint density at radius 1 is 1.55 bits per heavy atom. The minimum absolute atomic E-state index is 0.650. The van der Waals surface area contributed by atoms with E-state index in [-0.39, 0.29) is 0 Å². The first-order valence-corrected chi connectivity index (χ1v) is 3.99.